The SMILES string of the molecule is CN(C(=O)OC(C)(C)C)C1CCN(Cc2cc(Br)ccc2F)CC1. The second kappa shape index (κ2) is 7.83. The van der Waals surface area contributed by atoms with Crippen LogP contribution in [0.2, 0.25) is 0 Å². The Morgan fingerprint density at radius 2 is 2.00 bits per heavy atom. The van der Waals surface area contributed by atoms with E-state index in [0.717, 1.165) is 30.4 Å². The minimum Gasteiger partial charge on any atom is -0.444 e. The number of halogens is 2. The van der Waals surface area contributed by atoms with Gasteiger partial charge in [0.1, 0.15) is 11.4 Å². The molecule has 0 saturated carbocycles. The van der Waals surface area contributed by atoms with Crippen LogP contribution in [0, 0.1) is 5.82 Å². The number of amides is 1. The molecule has 1 aliphatic rings. The highest BCUT2D eigenvalue weighted by Crippen LogP contribution is 2.22. The molecule has 2 rings (SSSR count). The van der Waals surface area contributed by atoms with E-state index in [0.29, 0.717) is 12.1 Å². The molecule has 0 aliphatic carbocycles. The highest BCUT2D eigenvalue weighted by Gasteiger charge is 2.28. The van der Waals surface area contributed by atoms with E-state index in [4.69, 9.17) is 4.74 Å². The predicted octanol–water partition coefficient (Wildman–Crippen LogP) is 4.42. The van der Waals surface area contributed by atoms with Crippen molar-refractivity contribution in [1.29, 1.82) is 0 Å². The molecule has 1 aromatic rings. The Hall–Kier alpha value is -1.14. The maximum Gasteiger partial charge on any atom is 0.410 e. The molecule has 4 nitrogen and oxygen atoms in total. The first kappa shape index (κ1) is 19.2. The van der Waals surface area contributed by atoms with Gasteiger partial charge in [-0.05, 0) is 51.8 Å². The molecule has 6 heteroatoms. The van der Waals surface area contributed by atoms with Crippen LogP contribution in [0.1, 0.15) is 39.2 Å². The van der Waals surface area contributed by atoms with Gasteiger partial charge >= 0.3 is 6.09 Å². The van der Waals surface area contributed by atoms with Crippen LogP contribution in [0.4, 0.5) is 9.18 Å². The lowest BCUT2D eigenvalue weighted by molar-refractivity contribution is 0.0148. The normalized spacial score (nSPS) is 16.9. The first-order valence-electron chi connectivity index (χ1n) is 8.28. The van der Waals surface area contributed by atoms with Gasteiger partial charge in [-0.2, -0.15) is 0 Å². The fraction of sp³-hybridized carbons (Fsp3) is 0.611. The summed E-state index contributed by atoms with van der Waals surface area (Å²) in [5.74, 6) is -0.175. The number of ether oxygens (including phenoxy) is 1. The molecule has 0 spiro atoms. The van der Waals surface area contributed by atoms with Crippen LogP contribution in [0.3, 0.4) is 0 Å². The second-order valence-corrected chi connectivity index (χ2v) is 8.25. The Labute approximate surface area is 152 Å². The number of carbonyl (C=O) groups is 1. The molecular weight excluding hydrogens is 375 g/mol. The van der Waals surface area contributed by atoms with E-state index in [9.17, 15) is 9.18 Å². The summed E-state index contributed by atoms with van der Waals surface area (Å²) in [6, 6.07) is 5.20. The highest BCUT2D eigenvalue weighted by molar-refractivity contribution is 9.10. The maximum atomic E-state index is 13.9. The van der Waals surface area contributed by atoms with Crippen molar-refractivity contribution in [2.75, 3.05) is 20.1 Å². The Kier molecular flexibility index (Phi) is 6.26. The first-order valence-corrected chi connectivity index (χ1v) is 9.07. The van der Waals surface area contributed by atoms with E-state index in [-0.39, 0.29) is 18.0 Å². The fourth-order valence-corrected chi connectivity index (χ4v) is 3.26. The molecule has 1 aliphatic heterocycles. The third-order valence-electron chi connectivity index (χ3n) is 4.19. The molecule has 1 aromatic carbocycles. The van der Waals surface area contributed by atoms with Gasteiger partial charge in [0.25, 0.3) is 0 Å². The molecule has 1 fully saturated rings. The molecule has 1 saturated heterocycles. The highest BCUT2D eigenvalue weighted by atomic mass is 79.9. The number of benzene rings is 1. The first-order chi connectivity index (χ1) is 11.2. The molecule has 0 unspecified atom stereocenters. The zero-order valence-electron chi connectivity index (χ0n) is 14.8. The van der Waals surface area contributed by atoms with E-state index in [1.807, 2.05) is 26.8 Å². The number of rotatable bonds is 3. The minimum absolute atomic E-state index is 0.170. The summed E-state index contributed by atoms with van der Waals surface area (Å²) in [4.78, 5) is 16.1. The van der Waals surface area contributed by atoms with Crippen molar-refractivity contribution in [1.82, 2.24) is 9.80 Å². The van der Waals surface area contributed by atoms with Crippen LogP contribution in [-0.2, 0) is 11.3 Å². The van der Waals surface area contributed by atoms with Crippen molar-refractivity contribution < 1.29 is 13.9 Å². The van der Waals surface area contributed by atoms with Crippen molar-refractivity contribution in [2.45, 2.75) is 51.8 Å². The molecule has 1 amide bonds. The van der Waals surface area contributed by atoms with E-state index < -0.39 is 5.60 Å². The van der Waals surface area contributed by atoms with Crippen LogP contribution in [0.5, 0.6) is 0 Å². The Balaban J connectivity index is 1.87. The van der Waals surface area contributed by atoms with E-state index in [1.165, 1.54) is 6.07 Å². The van der Waals surface area contributed by atoms with Crippen LogP contribution < -0.4 is 0 Å². The summed E-state index contributed by atoms with van der Waals surface area (Å²) in [6.07, 6.45) is 1.45. The van der Waals surface area contributed by atoms with E-state index in [2.05, 4.69) is 20.8 Å². The molecule has 0 aromatic heterocycles. The van der Waals surface area contributed by atoms with Crippen LogP contribution >= 0.6 is 15.9 Å². The molecule has 0 bridgehead atoms. The van der Waals surface area contributed by atoms with Gasteiger partial charge in [0, 0.05) is 42.8 Å². The van der Waals surface area contributed by atoms with Gasteiger partial charge in [0.2, 0.25) is 0 Å². The van der Waals surface area contributed by atoms with Crippen molar-refractivity contribution in [3.63, 3.8) is 0 Å². The second-order valence-electron chi connectivity index (χ2n) is 7.33. The summed E-state index contributed by atoms with van der Waals surface area (Å²) in [6.45, 7) is 7.87. The lowest BCUT2D eigenvalue weighted by Gasteiger charge is -2.37. The number of nitrogens with zero attached hydrogens (tertiary/aromatic N) is 2. The van der Waals surface area contributed by atoms with Gasteiger partial charge in [-0.15, -0.1) is 0 Å². The molecule has 0 atom stereocenters. The fourth-order valence-electron chi connectivity index (χ4n) is 2.85. The third-order valence-corrected chi connectivity index (χ3v) is 4.68. The van der Waals surface area contributed by atoms with Gasteiger partial charge in [-0.1, -0.05) is 15.9 Å². The molecule has 1 heterocycles. The van der Waals surface area contributed by atoms with Crippen molar-refractivity contribution in [2.24, 2.45) is 0 Å². The predicted molar refractivity (Wildman–Crippen MR) is 96.4 cm³/mol. The van der Waals surface area contributed by atoms with Gasteiger partial charge in [-0.3, -0.25) is 4.90 Å². The number of carbonyl (C=O) groups excluding carboxylic acids is 1. The molecule has 0 N–H and O–H groups in total. The summed E-state index contributed by atoms with van der Waals surface area (Å²) < 4.78 is 20.2. The minimum atomic E-state index is -0.482. The number of likely N-dealkylation sites (tertiary alicyclic amines) is 1. The summed E-state index contributed by atoms with van der Waals surface area (Å²) in [7, 11) is 1.79. The summed E-state index contributed by atoms with van der Waals surface area (Å²) in [5.41, 5.74) is 0.216. The Bertz CT molecular complexity index is 581. The third kappa shape index (κ3) is 5.45. The van der Waals surface area contributed by atoms with Crippen LogP contribution in [0.15, 0.2) is 22.7 Å². The number of hydrogen-bond donors (Lipinski definition) is 0. The van der Waals surface area contributed by atoms with E-state index in [1.54, 1.807) is 18.0 Å². The molecule has 134 valence electrons. The molecule has 0 radical (unpaired) electrons. The Morgan fingerprint density at radius 3 is 2.58 bits per heavy atom. The van der Waals surface area contributed by atoms with Gasteiger partial charge in [0.15, 0.2) is 0 Å². The van der Waals surface area contributed by atoms with Crippen molar-refractivity contribution in [3.8, 4) is 0 Å². The average molecular weight is 401 g/mol. The lowest BCUT2D eigenvalue weighted by atomic mass is 10.0. The average Bonchev–Trinajstić information content (AvgIpc) is 2.49. The molecular formula is C18H26BrFN2O2. The zero-order valence-corrected chi connectivity index (χ0v) is 16.4. The van der Waals surface area contributed by atoms with Gasteiger partial charge < -0.3 is 9.64 Å². The van der Waals surface area contributed by atoms with Crippen LogP contribution in [0.25, 0.3) is 0 Å². The summed E-state index contributed by atoms with van der Waals surface area (Å²) in [5, 5.41) is 0. The topological polar surface area (TPSA) is 32.8 Å². The summed E-state index contributed by atoms with van der Waals surface area (Å²) >= 11 is 3.39. The maximum absolute atomic E-state index is 13.9. The molecule has 24 heavy (non-hydrogen) atoms. The quantitative estimate of drug-likeness (QED) is 0.752. The van der Waals surface area contributed by atoms with Crippen molar-refractivity contribution in [3.05, 3.63) is 34.1 Å². The number of hydrogen-bond acceptors (Lipinski definition) is 3. The van der Waals surface area contributed by atoms with Gasteiger partial charge in [0.05, 0.1) is 0 Å². The lowest BCUT2D eigenvalue weighted by Crippen LogP contribution is -2.46. The largest absolute Gasteiger partial charge is 0.444 e. The van der Waals surface area contributed by atoms with Gasteiger partial charge in [-0.25, -0.2) is 9.18 Å². The van der Waals surface area contributed by atoms with E-state index >= 15 is 0 Å². The Morgan fingerprint density at radius 1 is 1.38 bits per heavy atom. The zero-order chi connectivity index (χ0) is 17.9. The number of piperidine rings is 1. The standard InChI is InChI=1S/C18H26BrFN2O2/c1-18(2,3)24-17(23)21(4)15-7-9-22(10-8-15)12-13-11-14(19)5-6-16(13)20/h5-6,11,15H,7-10,12H2,1-4H3. The monoisotopic (exact) mass is 400 g/mol. The van der Waals surface area contributed by atoms with Crippen molar-refractivity contribution >= 4 is 22.0 Å². The smallest absolute Gasteiger partial charge is 0.410 e. The van der Waals surface area contributed by atoms with Crippen LogP contribution in [-0.4, -0.2) is 47.7 Å².